The summed E-state index contributed by atoms with van der Waals surface area (Å²) in [6, 6.07) is 0.156. The predicted octanol–water partition coefficient (Wildman–Crippen LogP) is 1.53. The third kappa shape index (κ3) is 1.55. The average Bonchev–Trinajstić information content (AvgIpc) is 2.72. The van der Waals surface area contributed by atoms with E-state index in [-0.39, 0.29) is 6.04 Å². The lowest BCUT2D eigenvalue weighted by molar-refractivity contribution is 0.554. The molecule has 4 nitrogen and oxygen atoms in total. The molecule has 0 aliphatic rings. The van der Waals surface area contributed by atoms with Crippen molar-refractivity contribution in [3.05, 3.63) is 29.0 Å². The van der Waals surface area contributed by atoms with Crippen LogP contribution in [0.15, 0.2) is 23.3 Å². The molecule has 2 heterocycles. The lowest BCUT2D eigenvalue weighted by atomic mass is 10.3. The monoisotopic (exact) mass is 194 g/mol. The SMILES string of the molecule is C[C@H](c1cscn1)n1cc(N)cn1. The summed E-state index contributed by atoms with van der Waals surface area (Å²) in [4.78, 5) is 4.22. The van der Waals surface area contributed by atoms with Crippen molar-refractivity contribution < 1.29 is 0 Å². The zero-order chi connectivity index (χ0) is 9.26. The van der Waals surface area contributed by atoms with Crippen LogP contribution in [0.2, 0.25) is 0 Å². The maximum atomic E-state index is 5.57. The van der Waals surface area contributed by atoms with Crippen molar-refractivity contribution in [3.63, 3.8) is 0 Å². The maximum Gasteiger partial charge on any atom is 0.0920 e. The Labute approximate surface area is 80.0 Å². The summed E-state index contributed by atoms with van der Waals surface area (Å²) in [5.41, 5.74) is 9.09. The van der Waals surface area contributed by atoms with Gasteiger partial charge in [0.25, 0.3) is 0 Å². The molecule has 1 atom stereocenters. The number of nitrogen functional groups attached to an aromatic ring is 1. The van der Waals surface area contributed by atoms with Crippen LogP contribution < -0.4 is 5.73 Å². The number of nitrogens with two attached hydrogens (primary N) is 1. The first-order chi connectivity index (χ1) is 6.27. The minimum Gasteiger partial charge on any atom is -0.396 e. The van der Waals surface area contributed by atoms with Crippen LogP contribution in [0.3, 0.4) is 0 Å². The number of rotatable bonds is 2. The van der Waals surface area contributed by atoms with Gasteiger partial charge in [-0.15, -0.1) is 11.3 Å². The molecule has 2 aromatic heterocycles. The van der Waals surface area contributed by atoms with Crippen molar-refractivity contribution in [2.75, 3.05) is 5.73 Å². The van der Waals surface area contributed by atoms with Gasteiger partial charge in [-0.3, -0.25) is 4.68 Å². The molecule has 0 radical (unpaired) electrons. The van der Waals surface area contributed by atoms with Crippen LogP contribution in [0.25, 0.3) is 0 Å². The summed E-state index contributed by atoms with van der Waals surface area (Å²) in [5, 5.41) is 6.14. The van der Waals surface area contributed by atoms with Gasteiger partial charge in [0.1, 0.15) is 0 Å². The quantitative estimate of drug-likeness (QED) is 0.788. The third-order valence-electron chi connectivity index (χ3n) is 1.90. The van der Waals surface area contributed by atoms with E-state index in [0.717, 1.165) is 5.69 Å². The fraction of sp³-hybridized carbons (Fsp3) is 0.250. The number of thiazole rings is 1. The van der Waals surface area contributed by atoms with Gasteiger partial charge < -0.3 is 5.73 Å². The molecule has 2 aromatic rings. The molecule has 2 N–H and O–H groups in total. The van der Waals surface area contributed by atoms with Gasteiger partial charge in [-0.25, -0.2) is 4.98 Å². The number of hydrogen-bond acceptors (Lipinski definition) is 4. The number of aromatic nitrogens is 3. The largest absolute Gasteiger partial charge is 0.396 e. The van der Waals surface area contributed by atoms with Gasteiger partial charge in [0.2, 0.25) is 0 Å². The van der Waals surface area contributed by atoms with Crippen LogP contribution in [-0.2, 0) is 0 Å². The van der Waals surface area contributed by atoms with Gasteiger partial charge in [0.15, 0.2) is 0 Å². The van der Waals surface area contributed by atoms with E-state index < -0.39 is 0 Å². The second-order valence-electron chi connectivity index (χ2n) is 2.84. The number of anilines is 1. The Balaban J connectivity index is 2.28. The van der Waals surface area contributed by atoms with Gasteiger partial charge in [-0.05, 0) is 6.92 Å². The number of hydrogen-bond donors (Lipinski definition) is 1. The number of nitrogens with zero attached hydrogens (tertiary/aromatic N) is 3. The molecule has 0 saturated carbocycles. The molecule has 0 aromatic carbocycles. The molecule has 13 heavy (non-hydrogen) atoms. The van der Waals surface area contributed by atoms with Crippen LogP contribution >= 0.6 is 11.3 Å². The van der Waals surface area contributed by atoms with Crippen molar-refractivity contribution in [3.8, 4) is 0 Å². The summed E-state index contributed by atoms with van der Waals surface area (Å²) in [6.45, 7) is 2.04. The van der Waals surface area contributed by atoms with Crippen molar-refractivity contribution in [2.45, 2.75) is 13.0 Å². The highest BCUT2D eigenvalue weighted by Crippen LogP contribution is 2.17. The molecule has 0 spiro atoms. The van der Waals surface area contributed by atoms with E-state index >= 15 is 0 Å². The molecule has 0 saturated heterocycles. The molecule has 0 unspecified atom stereocenters. The van der Waals surface area contributed by atoms with Gasteiger partial charge in [0.05, 0.1) is 29.1 Å². The highest BCUT2D eigenvalue weighted by atomic mass is 32.1. The molecular formula is C8H10N4S. The van der Waals surface area contributed by atoms with Gasteiger partial charge >= 0.3 is 0 Å². The van der Waals surface area contributed by atoms with E-state index in [1.807, 2.05) is 28.7 Å². The second-order valence-corrected chi connectivity index (χ2v) is 3.56. The summed E-state index contributed by atoms with van der Waals surface area (Å²) in [5.74, 6) is 0. The smallest absolute Gasteiger partial charge is 0.0920 e. The standard InChI is InChI=1S/C8H10N4S/c1-6(8-4-13-5-10-8)12-3-7(9)2-11-12/h2-6H,9H2,1H3/t6-/m1/s1. The van der Waals surface area contributed by atoms with Crippen LogP contribution in [-0.4, -0.2) is 14.8 Å². The van der Waals surface area contributed by atoms with E-state index in [4.69, 9.17) is 5.73 Å². The Bertz CT molecular complexity index is 379. The van der Waals surface area contributed by atoms with Crippen molar-refractivity contribution in [2.24, 2.45) is 0 Å². The van der Waals surface area contributed by atoms with Crippen LogP contribution in [0, 0.1) is 0 Å². The van der Waals surface area contributed by atoms with E-state index in [9.17, 15) is 0 Å². The summed E-state index contributed by atoms with van der Waals surface area (Å²) < 4.78 is 1.81. The Morgan fingerprint density at radius 2 is 2.46 bits per heavy atom. The van der Waals surface area contributed by atoms with Gasteiger partial charge in [-0.1, -0.05) is 0 Å². The molecule has 0 bridgehead atoms. The molecular weight excluding hydrogens is 184 g/mol. The Morgan fingerprint density at radius 1 is 1.62 bits per heavy atom. The van der Waals surface area contributed by atoms with Crippen molar-refractivity contribution in [1.82, 2.24) is 14.8 Å². The minimum absolute atomic E-state index is 0.156. The first-order valence-corrected chi connectivity index (χ1v) is 4.89. The molecule has 2 rings (SSSR count). The van der Waals surface area contributed by atoms with E-state index in [1.165, 1.54) is 0 Å². The van der Waals surface area contributed by atoms with Crippen LogP contribution in [0.5, 0.6) is 0 Å². The summed E-state index contributed by atoms with van der Waals surface area (Å²) in [6.07, 6.45) is 3.45. The molecule has 0 aliphatic heterocycles. The van der Waals surface area contributed by atoms with Gasteiger partial charge in [-0.2, -0.15) is 5.10 Å². The van der Waals surface area contributed by atoms with E-state index in [1.54, 1.807) is 17.5 Å². The normalized spacial score (nSPS) is 13.0. The maximum absolute atomic E-state index is 5.57. The summed E-state index contributed by atoms with van der Waals surface area (Å²) in [7, 11) is 0. The van der Waals surface area contributed by atoms with Crippen LogP contribution in [0.4, 0.5) is 5.69 Å². The Hall–Kier alpha value is -1.36. The molecule has 5 heteroatoms. The topological polar surface area (TPSA) is 56.7 Å². The fourth-order valence-corrected chi connectivity index (χ4v) is 1.77. The third-order valence-corrected chi connectivity index (χ3v) is 2.50. The second kappa shape index (κ2) is 3.18. The highest BCUT2D eigenvalue weighted by Gasteiger charge is 2.09. The van der Waals surface area contributed by atoms with E-state index in [2.05, 4.69) is 10.1 Å². The zero-order valence-electron chi connectivity index (χ0n) is 7.21. The first kappa shape index (κ1) is 8.25. The minimum atomic E-state index is 0.156. The molecule has 0 fully saturated rings. The van der Waals surface area contributed by atoms with E-state index in [0.29, 0.717) is 5.69 Å². The highest BCUT2D eigenvalue weighted by molar-refractivity contribution is 7.07. The zero-order valence-corrected chi connectivity index (χ0v) is 8.03. The Morgan fingerprint density at radius 3 is 3.00 bits per heavy atom. The lowest BCUT2D eigenvalue weighted by Crippen LogP contribution is -2.07. The van der Waals surface area contributed by atoms with Gasteiger partial charge in [0, 0.05) is 11.6 Å². The average molecular weight is 194 g/mol. The van der Waals surface area contributed by atoms with Crippen molar-refractivity contribution in [1.29, 1.82) is 0 Å². The first-order valence-electron chi connectivity index (χ1n) is 3.95. The molecule has 0 aliphatic carbocycles. The van der Waals surface area contributed by atoms with Crippen molar-refractivity contribution >= 4 is 17.0 Å². The summed E-state index contributed by atoms with van der Waals surface area (Å²) >= 11 is 1.59. The predicted molar refractivity (Wildman–Crippen MR) is 52.6 cm³/mol. The van der Waals surface area contributed by atoms with Crippen LogP contribution in [0.1, 0.15) is 18.7 Å². The lowest BCUT2D eigenvalue weighted by Gasteiger charge is -2.07. The molecule has 68 valence electrons. The fourth-order valence-electron chi connectivity index (χ4n) is 1.13. The Kier molecular flexibility index (Phi) is 2.02. The molecule has 0 amide bonds.